The van der Waals surface area contributed by atoms with E-state index < -0.39 is 30.9 Å². The molecular weight excluding hydrogens is 574 g/mol. The summed E-state index contributed by atoms with van der Waals surface area (Å²) in [5.74, 6) is 0.630. The highest BCUT2D eigenvalue weighted by atomic mass is 79.9. The lowest BCUT2D eigenvalue weighted by Gasteiger charge is -2.33. The van der Waals surface area contributed by atoms with Gasteiger partial charge in [-0.1, -0.05) is 32.0 Å². The van der Waals surface area contributed by atoms with Crippen LogP contribution >= 0.6 is 15.9 Å². The van der Waals surface area contributed by atoms with Crippen LogP contribution < -0.4 is 9.80 Å². The summed E-state index contributed by atoms with van der Waals surface area (Å²) in [5, 5.41) is 0. The Morgan fingerprint density at radius 3 is 2.24 bits per heavy atom. The minimum absolute atomic E-state index is 0.138. The quantitative estimate of drug-likeness (QED) is 0.287. The van der Waals surface area contributed by atoms with Crippen molar-refractivity contribution >= 4 is 39.0 Å². The predicted molar refractivity (Wildman–Crippen MR) is 140 cm³/mol. The molecule has 1 saturated carbocycles. The van der Waals surface area contributed by atoms with Crippen molar-refractivity contribution in [1.29, 1.82) is 0 Å². The Hall–Kier alpha value is -2.27. The lowest BCUT2D eigenvalue weighted by Crippen LogP contribution is -2.52. The van der Waals surface area contributed by atoms with E-state index in [4.69, 9.17) is 0 Å². The van der Waals surface area contributed by atoms with Crippen LogP contribution in [-0.2, 0) is 0 Å². The second-order valence-corrected chi connectivity index (χ2v) is 11.5. The number of anilines is 3. The molecule has 0 N–H and O–H groups in total. The highest BCUT2D eigenvalue weighted by Gasteiger charge is 2.56. The normalized spacial score (nSPS) is 21.4. The molecule has 206 valence electrons. The van der Waals surface area contributed by atoms with Crippen LogP contribution in [0.3, 0.4) is 0 Å². The molecule has 2 aromatic rings. The number of hydrogen-bond donors (Lipinski definition) is 0. The van der Waals surface area contributed by atoms with Crippen LogP contribution in [0.1, 0.15) is 44.6 Å². The van der Waals surface area contributed by atoms with E-state index in [1.165, 1.54) is 0 Å². The summed E-state index contributed by atoms with van der Waals surface area (Å²) in [4.78, 5) is 9.04. The van der Waals surface area contributed by atoms with E-state index in [-0.39, 0.29) is 30.9 Å². The fourth-order valence-corrected chi connectivity index (χ4v) is 5.80. The molecule has 1 fully saturated rings. The predicted octanol–water partition coefficient (Wildman–Crippen LogP) is 7.86. The molecule has 0 saturated heterocycles. The van der Waals surface area contributed by atoms with E-state index in [2.05, 4.69) is 34.8 Å². The standard InChI is InChI=1S/C27H29BrF6N4/c1-16(2)18-9-10-20(19(28)13-18)37-21-5-3-4-6-22(21)38-23(24(27(32,33)34)35-25(37)38)15-36(14-17-7-8-17)12-11-26(29,30)31/h3-6,9-10,13,16-17,23-24H,7-8,11-12,14-15H2,1-2H3. The largest absolute Gasteiger partial charge is 0.412 e. The first kappa shape index (κ1) is 27.3. The minimum atomic E-state index is -4.66. The van der Waals surface area contributed by atoms with Gasteiger partial charge in [-0.15, -0.1) is 0 Å². The third-order valence-electron chi connectivity index (χ3n) is 7.33. The van der Waals surface area contributed by atoms with Crippen molar-refractivity contribution in [2.24, 2.45) is 10.9 Å². The van der Waals surface area contributed by atoms with E-state index in [9.17, 15) is 26.3 Å². The van der Waals surface area contributed by atoms with Crippen LogP contribution in [-0.4, -0.2) is 54.9 Å². The van der Waals surface area contributed by atoms with Crippen LogP contribution in [0, 0.1) is 5.92 Å². The maximum Gasteiger partial charge on any atom is 0.412 e. The second-order valence-electron chi connectivity index (χ2n) is 10.6. The van der Waals surface area contributed by atoms with Gasteiger partial charge in [0.1, 0.15) is 0 Å². The summed E-state index contributed by atoms with van der Waals surface area (Å²) in [6, 6.07) is 9.64. The van der Waals surface area contributed by atoms with Crippen LogP contribution in [0.15, 0.2) is 51.9 Å². The number of rotatable bonds is 8. The first-order chi connectivity index (χ1) is 17.8. The van der Waals surface area contributed by atoms with Crippen molar-refractivity contribution in [3.63, 3.8) is 0 Å². The van der Waals surface area contributed by atoms with Crippen molar-refractivity contribution in [2.45, 2.75) is 63.5 Å². The zero-order valence-electron chi connectivity index (χ0n) is 21.0. The molecule has 2 aromatic carbocycles. The molecule has 3 aliphatic rings. The molecule has 38 heavy (non-hydrogen) atoms. The van der Waals surface area contributed by atoms with Gasteiger partial charge in [-0.2, -0.15) is 26.3 Å². The maximum atomic E-state index is 14.4. The van der Waals surface area contributed by atoms with Crippen molar-refractivity contribution in [3.8, 4) is 0 Å². The van der Waals surface area contributed by atoms with Crippen LogP contribution in [0.25, 0.3) is 0 Å². The molecule has 0 bridgehead atoms. The summed E-state index contributed by atoms with van der Waals surface area (Å²) in [7, 11) is 0. The van der Waals surface area contributed by atoms with Crippen LogP contribution in [0.5, 0.6) is 0 Å². The average Bonchev–Trinajstić information content (AvgIpc) is 3.47. The number of nitrogens with zero attached hydrogens (tertiary/aromatic N) is 4. The molecule has 2 unspecified atom stereocenters. The first-order valence-corrected chi connectivity index (χ1v) is 13.5. The van der Waals surface area contributed by atoms with Crippen LogP contribution in [0.2, 0.25) is 0 Å². The maximum absolute atomic E-state index is 14.4. The molecule has 11 heteroatoms. The Bertz CT molecular complexity index is 1210. The number of hydrogen-bond acceptors (Lipinski definition) is 4. The van der Waals surface area contributed by atoms with Gasteiger partial charge >= 0.3 is 12.4 Å². The Morgan fingerprint density at radius 1 is 0.974 bits per heavy atom. The average molecular weight is 603 g/mol. The molecule has 5 rings (SSSR count). The molecule has 2 heterocycles. The number of fused-ring (bicyclic) bond motifs is 3. The molecule has 0 amide bonds. The summed E-state index contributed by atoms with van der Waals surface area (Å²) < 4.78 is 83.1. The van der Waals surface area contributed by atoms with E-state index in [0.717, 1.165) is 22.9 Å². The van der Waals surface area contributed by atoms with Crippen molar-refractivity contribution < 1.29 is 26.3 Å². The molecule has 1 aliphatic carbocycles. The minimum Gasteiger partial charge on any atom is -0.303 e. The molecule has 0 radical (unpaired) electrons. The Balaban J connectivity index is 1.53. The number of guanidine groups is 1. The van der Waals surface area contributed by atoms with E-state index >= 15 is 0 Å². The Morgan fingerprint density at radius 2 is 1.66 bits per heavy atom. The fourth-order valence-electron chi connectivity index (χ4n) is 5.22. The van der Waals surface area contributed by atoms with Gasteiger partial charge in [-0.05, 0) is 70.4 Å². The number of halogens is 7. The van der Waals surface area contributed by atoms with E-state index in [1.807, 2.05) is 30.3 Å². The van der Waals surface area contributed by atoms with Gasteiger partial charge in [0.25, 0.3) is 0 Å². The van der Waals surface area contributed by atoms with Crippen molar-refractivity contribution in [3.05, 3.63) is 52.5 Å². The zero-order chi connectivity index (χ0) is 27.4. The topological polar surface area (TPSA) is 22.1 Å². The monoisotopic (exact) mass is 602 g/mol. The van der Waals surface area contributed by atoms with Gasteiger partial charge in [0.15, 0.2) is 6.04 Å². The third kappa shape index (κ3) is 5.54. The highest BCUT2D eigenvalue weighted by Crippen LogP contribution is 2.49. The van der Waals surface area contributed by atoms with Crippen molar-refractivity contribution in [2.75, 3.05) is 29.4 Å². The molecule has 2 atom stereocenters. The number of alkyl halides is 6. The van der Waals surface area contributed by atoms with Gasteiger partial charge in [0.2, 0.25) is 5.96 Å². The van der Waals surface area contributed by atoms with Gasteiger partial charge in [0, 0.05) is 24.1 Å². The number of para-hydroxylation sites is 2. The summed E-state index contributed by atoms with van der Waals surface area (Å²) in [6.07, 6.45) is -8.32. The summed E-state index contributed by atoms with van der Waals surface area (Å²) in [5.41, 5.74) is 2.96. The molecular formula is C27H29BrF6N4. The summed E-state index contributed by atoms with van der Waals surface area (Å²) >= 11 is 3.61. The molecule has 0 aromatic heterocycles. The fraction of sp³-hybridized carbons (Fsp3) is 0.519. The lowest BCUT2D eigenvalue weighted by molar-refractivity contribution is -0.152. The van der Waals surface area contributed by atoms with Crippen LogP contribution in [0.4, 0.5) is 43.4 Å². The molecule has 2 aliphatic heterocycles. The smallest absolute Gasteiger partial charge is 0.303 e. The van der Waals surface area contributed by atoms with Gasteiger partial charge in [-0.25, -0.2) is 4.99 Å². The molecule has 0 spiro atoms. The Kier molecular flexibility index (Phi) is 7.21. The second kappa shape index (κ2) is 10.0. The SMILES string of the molecule is CC(C)c1ccc(N2C3=NC(C(F)(F)F)C(CN(CCC(F)(F)F)CC4CC4)N3c3ccccc32)c(Br)c1. The lowest BCUT2D eigenvalue weighted by atomic mass is 10.0. The van der Waals surface area contributed by atoms with E-state index in [0.29, 0.717) is 23.6 Å². The van der Waals surface area contributed by atoms with Gasteiger partial charge in [-0.3, -0.25) is 4.90 Å². The zero-order valence-corrected chi connectivity index (χ0v) is 22.6. The number of benzene rings is 2. The van der Waals surface area contributed by atoms with Gasteiger partial charge < -0.3 is 9.80 Å². The van der Waals surface area contributed by atoms with Crippen molar-refractivity contribution in [1.82, 2.24) is 4.90 Å². The number of aliphatic imine (C=N–C) groups is 1. The summed E-state index contributed by atoms with van der Waals surface area (Å²) in [6.45, 7) is 3.96. The third-order valence-corrected chi connectivity index (χ3v) is 7.97. The highest BCUT2D eigenvalue weighted by molar-refractivity contribution is 9.10. The molecule has 4 nitrogen and oxygen atoms in total. The van der Waals surface area contributed by atoms with E-state index in [1.54, 1.807) is 26.8 Å². The Labute approximate surface area is 226 Å². The first-order valence-electron chi connectivity index (χ1n) is 12.7. The van der Waals surface area contributed by atoms with Gasteiger partial charge in [0.05, 0.1) is 29.5 Å².